The van der Waals surface area contributed by atoms with E-state index in [-0.39, 0.29) is 0 Å². The summed E-state index contributed by atoms with van der Waals surface area (Å²) < 4.78 is 6.95. The fraction of sp³-hybridized carbons (Fsp3) is 0.583. The van der Waals surface area contributed by atoms with Crippen molar-refractivity contribution in [3.05, 3.63) is 24.2 Å². The first-order valence-electron chi connectivity index (χ1n) is 6.30. The van der Waals surface area contributed by atoms with Gasteiger partial charge in [0.1, 0.15) is 12.3 Å². The van der Waals surface area contributed by atoms with E-state index in [2.05, 4.69) is 15.5 Å². The second-order valence-corrected chi connectivity index (χ2v) is 5.36. The Morgan fingerprint density at radius 1 is 1.42 bits per heavy atom. The predicted molar refractivity (Wildman–Crippen MR) is 71.9 cm³/mol. The highest BCUT2D eigenvalue weighted by Gasteiger charge is 2.23. The van der Waals surface area contributed by atoms with Crippen LogP contribution in [0.4, 0.5) is 0 Å². The van der Waals surface area contributed by atoms with Crippen LogP contribution < -0.4 is 0 Å². The van der Waals surface area contributed by atoms with Crippen LogP contribution in [0.5, 0.6) is 0 Å². The van der Waals surface area contributed by atoms with Gasteiger partial charge in [-0.15, -0.1) is 5.10 Å². The molecule has 0 aliphatic rings. The molecule has 2 heterocycles. The van der Waals surface area contributed by atoms with Gasteiger partial charge in [-0.05, 0) is 35.4 Å². The molecule has 0 amide bonds. The first kappa shape index (κ1) is 14.1. The smallest absolute Gasteiger partial charge is 0.209 e. The summed E-state index contributed by atoms with van der Waals surface area (Å²) in [4.78, 5) is 0. The zero-order chi connectivity index (χ0) is 13.7. The standard InChI is InChI=1S/C12H18N4O2S/c1-3-12(17,4-2)9-19-11-13-14-15-16(11)8-10-6-5-7-18-10/h5-7,17H,3-4,8-9H2,1-2H3. The van der Waals surface area contributed by atoms with Crippen LogP contribution >= 0.6 is 11.8 Å². The third kappa shape index (κ3) is 3.57. The molecule has 0 unspecified atom stereocenters. The normalized spacial score (nSPS) is 11.9. The van der Waals surface area contributed by atoms with Crippen LogP contribution in [0.1, 0.15) is 32.4 Å². The van der Waals surface area contributed by atoms with E-state index in [1.807, 2.05) is 26.0 Å². The van der Waals surface area contributed by atoms with Gasteiger partial charge < -0.3 is 9.52 Å². The first-order valence-corrected chi connectivity index (χ1v) is 7.29. The third-order valence-electron chi connectivity index (χ3n) is 3.17. The van der Waals surface area contributed by atoms with Crippen molar-refractivity contribution >= 4 is 11.8 Å². The number of nitrogens with zero attached hydrogens (tertiary/aromatic N) is 4. The monoisotopic (exact) mass is 282 g/mol. The van der Waals surface area contributed by atoms with E-state index < -0.39 is 5.60 Å². The molecule has 0 aliphatic heterocycles. The van der Waals surface area contributed by atoms with Crippen molar-refractivity contribution < 1.29 is 9.52 Å². The molecule has 0 bridgehead atoms. The maximum atomic E-state index is 10.3. The third-order valence-corrected chi connectivity index (χ3v) is 4.40. The van der Waals surface area contributed by atoms with Crippen molar-refractivity contribution in [2.75, 3.05) is 5.75 Å². The van der Waals surface area contributed by atoms with Crippen LogP contribution in [-0.4, -0.2) is 36.7 Å². The van der Waals surface area contributed by atoms with E-state index in [1.165, 1.54) is 11.8 Å². The van der Waals surface area contributed by atoms with Gasteiger partial charge in [0.15, 0.2) is 0 Å². The van der Waals surface area contributed by atoms with E-state index in [0.29, 0.717) is 17.5 Å². The first-order chi connectivity index (χ1) is 9.17. The van der Waals surface area contributed by atoms with Crippen LogP contribution in [0.25, 0.3) is 0 Å². The summed E-state index contributed by atoms with van der Waals surface area (Å²) in [5.74, 6) is 1.38. The number of rotatable bonds is 7. The molecular weight excluding hydrogens is 264 g/mol. The quantitative estimate of drug-likeness (QED) is 0.782. The molecule has 0 fully saturated rings. The van der Waals surface area contributed by atoms with Crippen LogP contribution in [0, 0.1) is 0 Å². The lowest BCUT2D eigenvalue weighted by Gasteiger charge is -2.23. The molecule has 2 aromatic rings. The molecule has 0 spiro atoms. The van der Waals surface area contributed by atoms with Gasteiger partial charge in [-0.1, -0.05) is 25.6 Å². The zero-order valence-electron chi connectivity index (χ0n) is 11.1. The van der Waals surface area contributed by atoms with Crippen molar-refractivity contribution in [3.8, 4) is 0 Å². The Morgan fingerprint density at radius 3 is 2.84 bits per heavy atom. The van der Waals surface area contributed by atoms with Gasteiger partial charge in [0, 0.05) is 5.75 Å². The van der Waals surface area contributed by atoms with Crippen LogP contribution in [0.2, 0.25) is 0 Å². The molecule has 0 saturated carbocycles. The molecule has 2 aromatic heterocycles. The van der Waals surface area contributed by atoms with Crippen LogP contribution in [-0.2, 0) is 6.54 Å². The summed E-state index contributed by atoms with van der Waals surface area (Å²) in [6, 6.07) is 3.71. The molecule has 7 heteroatoms. The topological polar surface area (TPSA) is 77.0 Å². The molecule has 0 aromatic carbocycles. The van der Waals surface area contributed by atoms with E-state index in [4.69, 9.17) is 4.42 Å². The largest absolute Gasteiger partial charge is 0.467 e. The number of aliphatic hydroxyl groups is 1. The lowest BCUT2D eigenvalue weighted by Crippen LogP contribution is -2.29. The second-order valence-electron chi connectivity index (χ2n) is 4.42. The number of hydrogen-bond acceptors (Lipinski definition) is 6. The Kier molecular flexibility index (Phi) is 4.60. The van der Waals surface area contributed by atoms with Crippen molar-refractivity contribution in [2.45, 2.75) is 44.0 Å². The van der Waals surface area contributed by atoms with Crippen molar-refractivity contribution in [3.63, 3.8) is 0 Å². The Balaban J connectivity index is 2.00. The summed E-state index contributed by atoms with van der Waals surface area (Å²) >= 11 is 1.47. The number of hydrogen-bond donors (Lipinski definition) is 1. The van der Waals surface area contributed by atoms with Crippen LogP contribution in [0.15, 0.2) is 28.0 Å². The van der Waals surface area contributed by atoms with Crippen LogP contribution in [0.3, 0.4) is 0 Å². The lowest BCUT2D eigenvalue weighted by atomic mass is 10.0. The van der Waals surface area contributed by atoms with Crippen molar-refractivity contribution in [1.29, 1.82) is 0 Å². The molecular formula is C12H18N4O2S. The van der Waals surface area contributed by atoms with Gasteiger partial charge in [-0.3, -0.25) is 0 Å². The molecule has 104 valence electrons. The molecule has 0 radical (unpaired) electrons. The van der Waals surface area contributed by atoms with Gasteiger partial charge in [0.2, 0.25) is 5.16 Å². The molecule has 0 aliphatic carbocycles. The van der Waals surface area contributed by atoms with Gasteiger partial charge >= 0.3 is 0 Å². The summed E-state index contributed by atoms with van der Waals surface area (Å²) in [6.45, 7) is 4.46. The fourth-order valence-electron chi connectivity index (χ4n) is 1.60. The average molecular weight is 282 g/mol. The Hall–Kier alpha value is -1.34. The fourth-order valence-corrected chi connectivity index (χ4v) is 2.75. The minimum atomic E-state index is -0.661. The maximum absolute atomic E-state index is 10.3. The molecule has 19 heavy (non-hydrogen) atoms. The number of thioether (sulfide) groups is 1. The summed E-state index contributed by atoms with van der Waals surface area (Å²) in [5.41, 5.74) is -0.661. The van der Waals surface area contributed by atoms with E-state index >= 15 is 0 Å². The number of tetrazole rings is 1. The molecule has 2 rings (SSSR count). The highest BCUT2D eigenvalue weighted by molar-refractivity contribution is 7.99. The Labute approximate surface area is 116 Å². The van der Waals surface area contributed by atoms with Gasteiger partial charge in [0.25, 0.3) is 0 Å². The highest BCUT2D eigenvalue weighted by Crippen LogP contribution is 2.25. The van der Waals surface area contributed by atoms with E-state index in [1.54, 1.807) is 10.9 Å². The average Bonchev–Trinajstić information content (AvgIpc) is 3.08. The molecule has 0 atom stereocenters. The highest BCUT2D eigenvalue weighted by atomic mass is 32.2. The number of furan rings is 1. The number of aromatic nitrogens is 4. The van der Waals surface area contributed by atoms with Gasteiger partial charge in [0.05, 0.1) is 11.9 Å². The summed E-state index contributed by atoms with van der Waals surface area (Å²) in [6.07, 6.45) is 3.06. The Bertz CT molecular complexity index is 494. The molecule has 0 saturated heterocycles. The maximum Gasteiger partial charge on any atom is 0.209 e. The minimum Gasteiger partial charge on any atom is -0.467 e. The molecule has 6 nitrogen and oxygen atoms in total. The predicted octanol–water partition coefficient (Wildman–Crippen LogP) is 1.96. The van der Waals surface area contributed by atoms with Crippen molar-refractivity contribution in [1.82, 2.24) is 20.2 Å². The summed E-state index contributed by atoms with van der Waals surface area (Å²) in [5, 5.41) is 22.5. The minimum absolute atomic E-state index is 0.499. The SMILES string of the molecule is CCC(O)(CC)CSc1nnnn1Cc1ccco1. The second kappa shape index (κ2) is 6.21. The molecule has 1 N–H and O–H groups in total. The van der Waals surface area contributed by atoms with E-state index in [9.17, 15) is 5.11 Å². The lowest BCUT2D eigenvalue weighted by molar-refractivity contribution is 0.0571. The van der Waals surface area contributed by atoms with Gasteiger partial charge in [-0.25, -0.2) is 4.68 Å². The van der Waals surface area contributed by atoms with E-state index in [0.717, 1.165) is 18.6 Å². The summed E-state index contributed by atoms with van der Waals surface area (Å²) in [7, 11) is 0. The Morgan fingerprint density at radius 2 is 2.21 bits per heavy atom. The van der Waals surface area contributed by atoms with Gasteiger partial charge in [-0.2, -0.15) is 0 Å². The zero-order valence-corrected chi connectivity index (χ0v) is 11.9. The van der Waals surface area contributed by atoms with Crippen molar-refractivity contribution in [2.24, 2.45) is 0 Å².